The van der Waals surface area contributed by atoms with Gasteiger partial charge in [0.25, 0.3) is 0 Å². The van der Waals surface area contributed by atoms with E-state index in [1.54, 1.807) is 0 Å². The summed E-state index contributed by atoms with van der Waals surface area (Å²) in [6.45, 7) is 0. The van der Waals surface area contributed by atoms with Crippen molar-refractivity contribution in [3.8, 4) is 50.2 Å². The van der Waals surface area contributed by atoms with Gasteiger partial charge in [-0.25, -0.2) is 0 Å². The van der Waals surface area contributed by atoms with Crippen LogP contribution in [0.5, 0.6) is 0 Å². The predicted octanol–water partition coefficient (Wildman–Crippen LogP) is 17.2. The van der Waals surface area contributed by atoms with Gasteiger partial charge in [-0.15, -0.1) is 0 Å². The third-order valence-corrected chi connectivity index (χ3v) is 12.8. The third kappa shape index (κ3) is 6.44. The second kappa shape index (κ2) is 15.8. The lowest BCUT2D eigenvalue weighted by Crippen LogP contribution is -2.10. The smallest absolute Gasteiger partial charge is 0.0541 e. The van der Waals surface area contributed by atoms with E-state index >= 15 is 0 Å². The lowest BCUT2D eigenvalue weighted by molar-refractivity contribution is 1.17. The van der Waals surface area contributed by atoms with Crippen LogP contribution in [0.25, 0.3) is 93.5 Å². The van der Waals surface area contributed by atoms with Gasteiger partial charge in [-0.2, -0.15) is 0 Å². The summed E-state index contributed by atoms with van der Waals surface area (Å²) < 4.78 is 2.38. The summed E-state index contributed by atoms with van der Waals surface area (Å²) in [4.78, 5) is 2.39. The number of hydrogen-bond acceptors (Lipinski definition) is 1. The van der Waals surface area contributed by atoms with E-state index < -0.39 is 0 Å². The van der Waals surface area contributed by atoms with E-state index in [1.807, 2.05) is 0 Å². The first kappa shape index (κ1) is 37.3. The minimum Gasteiger partial charge on any atom is -0.310 e. The van der Waals surface area contributed by atoms with Crippen LogP contribution in [0.15, 0.2) is 255 Å². The Morgan fingerprint density at radius 2 is 0.656 bits per heavy atom. The van der Waals surface area contributed by atoms with Gasteiger partial charge in [0.1, 0.15) is 0 Å². The number of fused-ring (bicyclic) bond motifs is 5. The van der Waals surface area contributed by atoms with Gasteiger partial charge in [-0.05, 0) is 127 Å². The lowest BCUT2D eigenvalue weighted by Gasteiger charge is -2.27. The number of anilines is 3. The summed E-state index contributed by atoms with van der Waals surface area (Å²) in [5.41, 5.74) is 16.4. The average molecular weight is 815 g/mol. The van der Waals surface area contributed by atoms with Crippen LogP contribution in [0.3, 0.4) is 0 Å². The molecule has 11 aromatic carbocycles. The van der Waals surface area contributed by atoms with E-state index in [4.69, 9.17) is 0 Å². The molecule has 0 spiro atoms. The number of nitrogens with zero attached hydrogens (tertiary/aromatic N) is 2. The van der Waals surface area contributed by atoms with E-state index in [9.17, 15) is 0 Å². The van der Waals surface area contributed by atoms with Gasteiger partial charge in [0.15, 0.2) is 0 Å². The highest BCUT2D eigenvalue weighted by Crippen LogP contribution is 2.43. The molecule has 1 heterocycles. The molecule has 2 nitrogen and oxygen atoms in total. The highest BCUT2D eigenvalue weighted by atomic mass is 15.1. The molecule has 0 bridgehead atoms. The van der Waals surface area contributed by atoms with Crippen molar-refractivity contribution in [3.05, 3.63) is 255 Å². The normalized spacial score (nSPS) is 11.4. The Morgan fingerprint density at radius 1 is 0.266 bits per heavy atom. The fourth-order valence-corrected chi connectivity index (χ4v) is 9.88. The molecule has 0 aliphatic rings. The summed E-state index contributed by atoms with van der Waals surface area (Å²) in [5.74, 6) is 0. The number of rotatable bonds is 8. The van der Waals surface area contributed by atoms with Crippen molar-refractivity contribution < 1.29 is 0 Å². The van der Waals surface area contributed by atoms with E-state index in [2.05, 4.69) is 264 Å². The zero-order valence-corrected chi connectivity index (χ0v) is 35.1. The van der Waals surface area contributed by atoms with Crippen molar-refractivity contribution in [2.75, 3.05) is 4.90 Å². The van der Waals surface area contributed by atoms with Crippen LogP contribution >= 0.6 is 0 Å². The first-order chi connectivity index (χ1) is 31.8. The fraction of sp³-hybridized carbons (Fsp3) is 0. The molecule has 0 N–H and O–H groups in total. The molecule has 0 aliphatic heterocycles. The highest BCUT2D eigenvalue weighted by molar-refractivity contribution is 6.10. The van der Waals surface area contributed by atoms with Crippen LogP contribution in [-0.2, 0) is 0 Å². The monoisotopic (exact) mass is 814 g/mol. The molecule has 1 aromatic heterocycles. The van der Waals surface area contributed by atoms with Crippen molar-refractivity contribution in [1.82, 2.24) is 4.57 Å². The first-order valence-corrected chi connectivity index (χ1v) is 22.0. The van der Waals surface area contributed by atoms with Crippen LogP contribution in [-0.4, -0.2) is 4.57 Å². The van der Waals surface area contributed by atoms with E-state index in [-0.39, 0.29) is 0 Å². The maximum Gasteiger partial charge on any atom is 0.0541 e. The first-order valence-electron chi connectivity index (χ1n) is 22.0. The van der Waals surface area contributed by atoms with Crippen LogP contribution in [0, 0.1) is 0 Å². The number of aromatic nitrogens is 1. The number of hydrogen-bond donors (Lipinski definition) is 0. The molecule has 0 atom stereocenters. The topological polar surface area (TPSA) is 8.17 Å². The van der Waals surface area contributed by atoms with Crippen LogP contribution in [0.2, 0.25) is 0 Å². The molecule has 0 radical (unpaired) electrons. The van der Waals surface area contributed by atoms with E-state index in [0.29, 0.717) is 0 Å². The molecule has 0 amide bonds. The zero-order valence-electron chi connectivity index (χ0n) is 35.1. The molecule has 0 aliphatic carbocycles. The molecule has 64 heavy (non-hydrogen) atoms. The summed E-state index contributed by atoms with van der Waals surface area (Å²) >= 11 is 0. The van der Waals surface area contributed by atoms with Gasteiger partial charge in [-0.1, -0.05) is 194 Å². The Morgan fingerprint density at radius 3 is 1.16 bits per heavy atom. The maximum absolute atomic E-state index is 2.39. The van der Waals surface area contributed by atoms with Gasteiger partial charge in [0.05, 0.1) is 11.0 Å². The average Bonchev–Trinajstić information content (AvgIpc) is 3.71. The molecule has 0 saturated heterocycles. The van der Waals surface area contributed by atoms with Gasteiger partial charge in [-0.3, -0.25) is 0 Å². The molecule has 2 heteroatoms. The van der Waals surface area contributed by atoms with Gasteiger partial charge >= 0.3 is 0 Å². The fourth-order valence-electron chi connectivity index (χ4n) is 9.88. The number of para-hydroxylation sites is 2. The summed E-state index contributed by atoms with van der Waals surface area (Å²) in [6, 6.07) is 92.6. The predicted molar refractivity (Wildman–Crippen MR) is 272 cm³/mol. The molecule has 12 aromatic rings. The quantitative estimate of drug-likeness (QED) is 0.148. The van der Waals surface area contributed by atoms with Crippen molar-refractivity contribution in [2.24, 2.45) is 0 Å². The van der Waals surface area contributed by atoms with Gasteiger partial charge in [0, 0.05) is 33.5 Å². The molecule has 0 fully saturated rings. The van der Waals surface area contributed by atoms with Gasteiger partial charge in [0.2, 0.25) is 0 Å². The van der Waals surface area contributed by atoms with E-state index in [0.717, 1.165) is 22.7 Å². The maximum atomic E-state index is 2.39. The van der Waals surface area contributed by atoms with Crippen molar-refractivity contribution in [1.29, 1.82) is 0 Å². The summed E-state index contributed by atoms with van der Waals surface area (Å²) in [5, 5.41) is 7.48. The molecular weight excluding hydrogens is 773 g/mol. The third-order valence-electron chi connectivity index (χ3n) is 12.8. The van der Waals surface area contributed by atoms with Crippen molar-refractivity contribution in [3.63, 3.8) is 0 Å². The van der Waals surface area contributed by atoms with Crippen LogP contribution in [0.4, 0.5) is 17.1 Å². The molecule has 0 unspecified atom stereocenters. The van der Waals surface area contributed by atoms with E-state index in [1.165, 1.54) is 87.9 Å². The lowest BCUT2D eigenvalue weighted by atomic mass is 9.91. The van der Waals surface area contributed by atoms with Crippen molar-refractivity contribution >= 4 is 60.4 Å². The largest absolute Gasteiger partial charge is 0.310 e. The standard InChI is InChI=1S/C62H42N2/c1-3-16-43(17-4-1)53-28-12-20-46-21-14-30-55(61(46)53)45-34-36-49(37-35-45)63(50-38-40-51(41-39-50)64-59-32-9-7-26-57(59)58-27-8-10-33-60(58)64)52-25-11-24-48(42-52)56-31-15-23-47-22-13-29-54(62(47)56)44-18-5-2-6-19-44/h1-42H. The van der Waals surface area contributed by atoms with Crippen LogP contribution < -0.4 is 4.90 Å². The molecule has 0 saturated carbocycles. The summed E-state index contributed by atoms with van der Waals surface area (Å²) in [6.07, 6.45) is 0. The number of benzene rings is 11. The molecule has 300 valence electrons. The Kier molecular flexibility index (Phi) is 9.20. The second-order valence-corrected chi connectivity index (χ2v) is 16.5. The van der Waals surface area contributed by atoms with Crippen LogP contribution in [0.1, 0.15) is 0 Å². The molecular formula is C62H42N2. The van der Waals surface area contributed by atoms with Crippen molar-refractivity contribution in [2.45, 2.75) is 0 Å². The molecule has 12 rings (SSSR count). The minimum absolute atomic E-state index is 1.08. The Labute approximate surface area is 373 Å². The Hall–Kier alpha value is -8.46. The SMILES string of the molecule is c1ccc(-c2cccc3cccc(-c4ccc(N(c5ccc(-n6c7ccccc7c7ccccc76)cc5)c5cccc(-c6cccc7cccc(-c8ccccc8)c67)c5)cc4)c23)cc1. The summed E-state index contributed by atoms with van der Waals surface area (Å²) in [7, 11) is 0. The highest BCUT2D eigenvalue weighted by Gasteiger charge is 2.18. The Bertz CT molecular complexity index is 3580. The minimum atomic E-state index is 1.08. The Balaban J connectivity index is 1.01. The zero-order chi connectivity index (χ0) is 42.4. The van der Waals surface area contributed by atoms with Gasteiger partial charge < -0.3 is 9.47 Å². The second-order valence-electron chi connectivity index (χ2n) is 16.5.